The van der Waals surface area contributed by atoms with Crippen LogP contribution in [0.2, 0.25) is 0 Å². The summed E-state index contributed by atoms with van der Waals surface area (Å²) in [6, 6.07) is 18.2. The third-order valence-electron chi connectivity index (χ3n) is 4.91. The number of nitrogens with zero attached hydrogens (tertiary/aromatic N) is 1. The van der Waals surface area contributed by atoms with Gasteiger partial charge >= 0.3 is 0 Å². The van der Waals surface area contributed by atoms with Gasteiger partial charge in [0, 0.05) is 25.2 Å². The number of nitrogens with one attached hydrogen (secondary N) is 1. The normalized spacial score (nSPS) is 16.3. The van der Waals surface area contributed by atoms with Crippen LogP contribution in [0.4, 0.5) is 0 Å². The van der Waals surface area contributed by atoms with E-state index in [2.05, 4.69) is 42.3 Å². The van der Waals surface area contributed by atoms with Crippen molar-refractivity contribution in [3.8, 4) is 0 Å². The first-order valence-electron chi connectivity index (χ1n) is 9.86. The zero-order chi connectivity index (χ0) is 19.1. The molecule has 0 bridgehead atoms. The molecular weight excluding hydrogens is 336 g/mol. The number of hydrogen-bond donors (Lipinski definition) is 1. The summed E-state index contributed by atoms with van der Waals surface area (Å²) >= 11 is 0. The number of carbonyl (C=O) groups is 1. The van der Waals surface area contributed by atoms with Gasteiger partial charge in [-0.2, -0.15) is 0 Å². The average molecular weight is 367 g/mol. The molecule has 2 aromatic carbocycles. The fourth-order valence-electron chi connectivity index (χ4n) is 3.51. The van der Waals surface area contributed by atoms with Crippen molar-refractivity contribution in [1.82, 2.24) is 10.2 Å². The van der Waals surface area contributed by atoms with Gasteiger partial charge < -0.3 is 10.1 Å². The van der Waals surface area contributed by atoms with Gasteiger partial charge in [0.05, 0.1) is 19.3 Å². The Labute approximate surface area is 162 Å². The van der Waals surface area contributed by atoms with Gasteiger partial charge in [-0.25, -0.2) is 0 Å². The van der Waals surface area contributed by atoms with Gasteiger partial charge in [-0.15, -0.1) is 0 Å². The Bertz CT molecular complexity index is 724. The van der Waals surface area contributed by atoms with Crippen molar-refractivity contribution in [2.75, 3.05) is 26.3 Å². The molecule has 0 spiro atoms. The van der Waals surface area contributed by atoms with E-state index in [-0.39, 0.29) is 11.9 Å². The molecule has 4 heteroatoms. The smallest absolute Gasteiger partial charge is 0.251 e. The minimum atomic E-state index is -0.00618. The highest BCUT2D eigenvalue weighted by atomic mass is 16.5. The third-order valence-corrected chi connectivity index (χ3v) is 4.91. The molecular formula is C23H30N2O2. The highest BCUT2D eigenvalue weighted by Crippen LogP contribution is 2.22. The lowest BCUT2D eigenvalue weighted by Crippen LogP contribution is -2.35. The lowest BCUT2D eigenvalue weighted by Gasteiger charge is -2.26. The molecule has 27 heavy (non-hydrogen) atoms. The minimum Gasteiger partial charge on any atom is -0.379 e. The van der Waals surface area contributed by atoms with Crippen LogP contribution in [0.1, 0.15) is 47.8 Å². The highest BCUT2D eigenvalue weighted by molar-refractivity contribution is 5.94. The molecule has 2 aromatic rings. The minimum absolute atomic E-state index is 0.00618. The summed E-state index contributed by atoms with van der Waals surface area (Å²) in [5.41, 5.74) is 3.05. The predicted octanol–water partition coefficient (Wildman–Crippen LogP) is 4.04. The van der Waals surface area contributed by atoms with E-state index in [1.807, 2.05) is 36.4 Å². The zero-order valence-electron chi connectivity index (χ0n) is 16.4. The second-order valence-corrected chi connectivity index (χ2v) is 7.66. The van der Waals surface area contributed by atoms with Gasteiger partial charge in [-0.3, -0.25) is 9.69 Å². The zero-order valence-corrected chi connectivity index (χ0v) is 16.4. The molecule has 0 aliphatic carbocycles. The molecule has 1 atom stereocenters. The molecule has 0 radical (unpaired) electrons. The van der Waals surface area contributed by atoms with Crippen molar-refractivity contribution < 1.29 is 9.53 Å². The number of carbonyl (C=O) groups excluding carboxylic acids is 1. The maximum Gasteiger partial charge on any atom is 0.251 e. The number of ether oxygens (including phenoxy) is 1. The quantitative estimate of drug-likeness (QED) is 0.804. The summed E-state index contributed by atoms with van der Waals surface area (Å²) in [4.78, 5) is 15.3. The van der Waals surface area contributed by atoms with E-state index in [1.54, 1.807) is 0 Å². The molecule has 1 N–H and O–H groups in total. The molecule has 1 aliphatic rings. The van der Waals surface area contributed by atoms with Crippen molar-refractivity contribution in [2.24, 2.45) is 5.92 Å². The largest absolute Gasteiger partial charge is 0.379 e. The lowest BCUT2D eigenvalue weighted by molar-refractivity contribution is 0.0342. The first kappa shape index (κ1) is 19.6. The number of hydrogen-bond acceptors (Lipinski definition) is 3. The van der Waals surface area contributed by atoms with Crippen molar-refractivity contribution in [1.29, 1.82) is 0 Å². The second kappa shape index (κ2) is 9.67. The monoisotopic (exact) mass is 366 g/mol. The molecule has 1 amide bonds. The summed E-state index contributed by atoms with van der Waals surface area (Å²) in [7, 11) is 0. The third kappa shape index (κ3) is 5.91. The van der Waals surface area contributed by atoms with E-state index in [9.17, 15) is 4.79 Å². The highest BCUT2D eigenvalue weighted by Gasteiger charge is 2.18. The molecule has 1 fully saturated rings. The van der Waals surface area contributed by atoms with Crippen molar-refractivity contribution >= 4 is 5.91 Å². The van der Waals surface area contributed by atoms with Crippen LogP contribution in [0.15, 0.2) is 54.6 Å². The molecule has 144 valence electrons. The van der Waals surface area contributed by atoms with Crippen LogP contribution in [0, 0.1) is 5.92 Å². The van der Waals surface area contributed by atoms with Crippen LogP contribution < -0.4 is 5.32 Å². The van der Waals surface area contributed by atoms with Crippen LogP contribution in [0.5, 0.6) is 0 Å². The van der Waals surface area contributed by atoms with E-state index in [0.717, 1.165) is 50.4 Å². The van der Waals surface area contributed by atoms with E-state index in [0.29, 0.717) is 5.92 Å². The molecule has 0 unspecified atom stereocenters. The molecule has 1 aliphatic heterocycles. The SMILES string of the molecule is CC(C)C[C@@H](NC(=O)c1cccc(CN2CCOCC2)c1)c1ccccc1. The summed E-state index contributed by atoms with van der Waals surface area (Å²) in [5.74, 6) is 0.497. The predicted molar refractivity (Wildman–Crippen MR) is 109 cm³/mol. The van der Waals surface area contributed by atoms with E-state index < -0.39 is 0 Å². The lowest BCUT2D eigenvalue weighted by atomic mass is 9.96. The Morgan fingerprint density at radius 1 is 1.07 bits per heavy atom. The molecule has 1 heterocycles. The number of morpholine rings is 1. The second-order valence-electron chi connectivity index (χ2n) is 7.66. The fraction of sp³-hybridized carbons (Fsp3) is 0.435. The van der Waals surface area contributed by atoms with Crippen LogP contribution in [-0.4, -0.2) is 37.1 Å². The Kier molecular flexibility index (Phi) is 7.02. The van der Waals surface area contributed by atoms with Crippen molar-refractivity contribution in [3.63, 3.8) is 0 Å². The van der Waals surface area contributed by atoms with Gasteiger partial charge in [0.15, 0.2) is 0 Å². The maximum absolute atomic E-state index is 12.9. The number of benzene rings is 2. The van der Waals surface area contributed by atoms with E-state index in [1.165, 1.54) is 5.56 Å². The first-order valence-corrected chi connectivity index (χ1v) is 9.86. The molecule has 4 nitrogen and oxygen atoms in total. The Balaban J connectivity index is 1.69. The fourth-order valence-corrected chi connectivity index (χ4v) is 3.51. The molecule has 1 saturated heterocycles. The van der Waals surface area contributed by atoms with E-state index in [4.69, 9.17) is 4.74 Å². The Hall–Kier alpha value is -2.17. The van der Waals surface area contributed by atoms with Crippen molar-refractivity contribution in [3.05, 3.63) is 71.3 Å². The average Bonchev–Trinajstić information content (AvgIpc) is 2.69. The van der Waals surface area contributed by atoms with Gasteiger partial charge in [0.2, 0.25) is 0 Å². The first-order chi connectivity index (χ1) is 13.1. The molecule has 0 saturated carbocycles. The van der Waals surface area contributed by atoms with Crippen molar-refractivity contribution in [2.45, 2.75) is 32.9 Å². The summed E-state index contributed by atoms with van der Waals surface area (Å²) < 4.78 is 5.41. The number of amides is 1. The molecule has 0 aromatic heterocycles. The van der Waals surface area contributed by atoms with Crippen LogP contribution in [-0.2, 0) is 11.3 Å². The van der Waals surface area contributed by atoms with Gasteiger partial charge in [0.25, 0.3) is 5.91 Å². The summed E-state index contributed by atoms with van der Waals surface area (Å²) in [5, 5.41) is 3.24. The van der Waals surface area contributed by atoms with Crippen LogP contribution in [0.3, 0.4) is 0 Å². The Morgan fingerprint density at radius 2 is 1.81 bits per heavy atom. The summed E-state index contributed by atoms with van der Waals surface area (Å²) in [6.45, 7) is 8.69. The van der Waals surface area contributed by atoms with Gasteiger partial charge in [0.1, 0.15) is 0 Å². The molecule has 3 rings (SSSR count). The topological polar surface area (TPSA) is 41.6 Å². The van der Waals surface area contributed by atoms with Gasteiger partial charge in [-0.1, -0.05) is 56.3 Å². The Morgan fingerprint density at radius 3 is 2.52 bits per heavy atom. The van der Waals surface area contributed by atoms with E-state index >= 15 is 0 Å². The number of rotatable bonds is 7. The van der Waals surface area contributed by atoms with Gasteiger partial charge in [-0.05, 0) is 35.6 Å². The standard InChI is InChI=1S/C23H30N2O2/c1-18(2)15-22(20-8-4-3-5-9-20)24-23(26)21-10-6-7-19(16-21)17-25-11-13-27-14-12-25/h3-10,16,18,22H,11-15,17H2,1-2H3,(H,24,26)/t22-/m1/s1. The summed E-state index contributed by atoms with van der Waals surface area (Å²) in [6.07, 6.45) is 0.920. The van der Waals surface area contributed by atoms with Crippen LogP contribution >= 0.6 is 0 Å². The maximum atomic E-state index is 12.9. The van der Waals surface area contributed by atoms with Crippen LogP contribution in [0.25, 0.3) is 0 Å².